The first-order valence-corrected chi connectivity index (χ1v) is 10.5. The highest BCUT2D eigenvalue weighted by Crippen LogP contribution is 2.20. The van der Waals surface area contributed by atoms with Gasteiger partial charge in [0.1, 0.15) is 18.1 Å². The molecule has 30 heavy (non-hydrogen) atoms. The Morgan fingerprint density at radius 1 is 0.967 bits per heavy atom. The van der Waals surface area contributed by atoms with Gasteiger partial charge < -0.3 is 9.47 Å². The number of methoxy groups -OCH3 is 1. The van der Waals surface area contributed by atoms with Crippen LogP contribution >= 0.6 is 0 Å². The number of nitrogens with zero attached hydrogens (tertiary/aromatic N) is 1. The van der Waals surface area contributed by atoms with Crippen molar-refractivity contribution in [1.29, 1.82) is 0 Å². The molecule has 7 nitrogen and oxygen atoms in total. The number of sulfone groups is 1. The zero-order chi connectivity index (χ0) is 21.6. The molecule has 3 aromatic rings. The van der Waals surface area contributed by atoms with Crippen molar-refractivity contribution in [3.05, 3.63) is 99.4 Å². The van der Waals surface area contributed by atoms with E-state index >= 15 is 0 Å². The Kier molecular flexibility index (Phi) is 6.48. The molecule has 8 heteroatoms. The van der Waals surface area contributed by atoms with E-state index in [1.807, 2.05) is 0 Å². The molecule has 0 saturated heterocycles. The zero-order valence-corrected chi connectivity index (χ0v) is 16.9. The standard InChI is InChI=1S/C22H19NO6S/c1-28-20-9-11-22(12-10-20)30(26,27)14-13-17-5-7-21(8-6-17)29-16-18-3-2-4-19(15-18)23(24)25/h2-15H,16H2,1H3/b14-13+. The molecule has 154 valence electrons. The molecule has 0 N–H and O–H groups in total. The molecule has 0 bridgehead atoms. The second kappa shape index (κ2) is 9.23. The number of rotatable bonds is 8. The fourth-order valence-corrected chi connectivity index (χ4v) is 3.62. The summed E-state index contributed by atoms with van der Waals surface area (Å²) in [5, 5.41) is 12.0. The third-order valence-corrected chi connectivity index (χ3v) is 5.66. The van der Waals surface area contributed by atoms with E-state index in [4.69, 9.17) is 9.47 Å². The average molecular weight is 425 g/mol. The van der Waals surface area contributed by atoms with Gasteiger partial charge in [-0.15, -0.1) is 0 Å². The monoisotopic (exact) mass is 425 g/mol. The Morgan fingerprint density at radius 3 is 2.27 bits per heavy atom. The van der Waals surface area contributed by atoms with Crippen molar-refractivity contribution in [3.8, 4) is 11.5 Å². The van der Waals surface area contributed by atoms with Crippen molar-refractivity contribution in [2.45, 2.75) is 11.5 Å². The zero-order valence-electron chi connectivity index (χ0n) is 16.1. The summed E-state index contributed by atoms with van der Waals surface area (Å²) in [7, 11) is -2.06. The van der Waals surface area contributed by atoms with Crippen LogP contribution in [0.25, 0.3) is 6.08 Å². The van der Waals surface area contributed by atoms with E-state index in [0.717, 1.165) is 5.41 Å². The molecule has 0 fully saturated rings. The molecule has 3 rings (SSSR count). The minimum absolute atomic E-state index is 0.00894. The van der Waals surface area contributed by atoms with Crippen LogP contribution in [0, 0.1) is 10.1 Å². The van der Waals surface area contributed by atoms with E-state index in [1.54, 1.807) is 48.5 Å². The molecule has 0 unspecified atom stereocenters. The van der Waals surface area contributed by atoms with Crippen LogP contribution in [0.5, 0.6) is 11.5 Å². The van der Waals surface area contributed by atoms with Crippen LogP contribution in [0.15, 0.2) is 83.1 Å². The molecule has 0 atom stereocenters. The lowest BCUT2D eigenvalue weighted by molar-refractivity contribution is -0.384. The van der Waals surface area contributed by atoms with Gasteiger partial charge in [-0.3, -0.25) is 10.1 Å². The van der Waals surface area contributed by atoms with Gasteiger partial charge in [0.25, 0.3) is 5.69 Å². The molecular weight excluding hydrogens is 406 g/mol. The summed E-state index contributed by atoms with van der Waals surface area (Å²) in [6.45, 7) is 0.183. The predicted octanol–water partition coefficient (Wildman–Crippen LogP) is 4.63. The van der Waals surface area contributed by atoms with Crippen LogP contribution in [0.3, 0.4) is 0 Å². The maximum absolute atomic E-state index is 12.4. The third kappa shape index (κ3) is 5.45. The maximum Gasteiger partial charge on any atom is 0.269 e. The first-order chi connectivity index (χ1) is 14.4. The van der Waals surface area contributed by atoms with E-state index < -0.39 is 14.8 Å². The molecule has 0 aliphatic carbocycles. The average Bonchev–Trinajstić information content (AvgIpc) is 2.77. The summed E-state index contributed by atoms with van der Waals surface area (Å²) in [5.41, 5.74) is 1.38. The maximum atomic E-state index is 12.4. The summed E-state index contributed by atoms with van der Waals surface area (Å²) in [6.07, 6.45) is 1.50. The molecule has 3 aromatic carbocycles. The van der Waals surface area contributed by atoms with Gasteiger partial charge in [-0.1, -0.05) is 24.3 Å². The Morgan fingerprint density at radius 2 is 1.63 bits per heavy atom. The SMILES string of the molecule is COc1ccc(S(=O)(=O)/C=C/c2ccc(OCc3cccc([N+](=O)[O-])c3)cc2)cc1. The Labute approximate surface area is 174 Å². The van der Waals surface area contributed by atoms with Crippen molar-refractivity contribution in [1.82, 2.24) is 0 Å². The van der Waals surface area contributed by atoms with Crippen LogP contribution < -0.4 is 9.47 Å². The van der Waals surface area contributed by atoms with E-state index in [0.29, 0.717) is 22.6 Å². The summed E-state index contributed by atoms with van der Waals surface area (Å²) >= 11 is 0. The van der Waals surface area contributed by atoms with Gasteiger partial charge in [0.2, 0.25) is 0 Å². The number of benzene rings is 3. The molecular formula is C22H19NO6S. The third-order valence-electron chi connectivity index (χ3n) is 4.23. The number of nitro benzene ring substituents is 1. The molecule has 0 aromatic heterocycles. The van der Waals surface area contributed by atoms with Gasteiger partial charge in [-0.25, -0.2) is 8.42 Å². The van der Waals surface area contributed by atoms with Crippen molar-refractivity contribution in [2.24, 2.45) is 0 Å². The highest BCUT2D eigenvalue weighted by atomic mass is 32.2. The number of ether oxygens (including phenoxy) is 2. The summed E-state index contributed by atoms with van der Waals surface area (Å²) < 4.78 is 35.5. The molecule has 0 saturated carbocycles. The van der Waals surface area contributed by atoms with E-state index in [-0.39, 0.29) is 17.2 Å². The first-order valence-electron chi connectivity index (χ1n) is 8.91. The lowest BCUT2D eigenvalue weighted by Gasteiger charge is -2.06. The van der Waals surface area contributed by atoms with Crippen LogP contribution in [0.1, 0.15) is 11.1 Å². The molecule has 0 aliphatic rings. The lowest BCUT2D eigenvalue weighted by Crippen LogP contribution is -1.97. The van der Waals surface area contributed by atoms with Crippen molar-refractivity contribution in [3.63, 3.8) is 0 Å². The second-order valence-corrected chi connectivity index (χ2v) is 8.14. The van der Waals surface area contributed by atoms with Gasteiger partial charge in [-0.2, -0.15) is 0 Å². The van der Waals surface area contributed by atoms with E-state index in [9.17, 15) is 18.5 Å². The number of hydrogen-bond donors (Lipinski definition) is 0. The largest absolute Gasteiger partial charge is 0.497 e. The van der Waals surface area contributed by atoms with Gasteiger partial charge >= 0.3 is 0 Å². The van der Waals surface area contributed by atoms with Crippen molar-refractivity contribution < 1.29 is 22.8 Å². The minimum Gasteiger partial charge on any atom is -0.497 e. The molecule has 0 amide bonds. The number of nitro groups is 1. The van der Waals surface area contributed by atoms with Crippen LogP contribution in [0.4, 0.5) is 5.69 Å². The fraction of sp³-hybridized carbons (Fsp3) is 0.0909. The fourth-order valence-electron chi connectivity index (χ4n) is 2.61. The number of hydrogen-bond acceptors (Lipinski definition) is 6. The Bertz CT molecular complexity index is 1150. The highest BCUT2D eigenvalue weighted by molar-refractivity contribution is 7.94. The topological polar surface area (TPSA) is 95.7 Å². The van der Waals surface area contributed by atoms with E-state index in [1.165, 1.54) is 37.5 Å². The first kappa shape index (κ1) is 21.1. The molecule has 0 heterocycles. The predicted molar refractivity (Wildman–Crippen MR) is 113 cm³/mol. The van der Waals surface area contributed by atoms with Crippen LogP contribution in [0.2, 0.25) is 0 Å². The van der Waals surface area contributed by atoms with Gasteiger partial charge in [-0.05, 0) is 53.6 Å². The van der Waals surface area contributed by atoms with Gasteiger partial charge in [0.05, 0.1) is 16.9 Å². The van der Waals surface area contributed by atoms with Crippen LogP contribution in [-0.2, 0) is 16.4 Å². The number of non-ortho nitro benzene ring substituents is 1. The van der Waals surface area contributed by atoms with Crippen LogP contribution in [-0.4, -0.2) is 20.5 Å². The minimum atomic E-state index is -3.57. The normalized spacial score (nSPS) is 11.4. The Hall–Kier alpha value is -3.65. The van der Waals surface area contributed by atoms with Gasteiger partial charge in [0.15, 0.2) is 9.84 Å². The smallest absolute Gasteiger partial charge is 0.269 e. The molecule has 0 radical (unpaired) electrons. The lowest BCUT2D eigenvalue weighted by atomic mass is 10.2. The second-order valence-electron chi connectivity index (χ2n) is 6.31. The Balaban J connectivity index is 1.63. The molecule has 0 aliphatic heterocycles. The quantitative estimate of drug-likeness (QED) is 0.386. The molecule has 0 spiro atoms. The van der Waals surface area contributed by atoms with Crippen molar-refractivity contribution in [2.75, 3.05) is 7.11 Å². The summed E-state index contributed by atoms with van der Waals surface area (Å²) in [5.74, 6) is 1.15. The summed E-state index contributed by atoms with van der Waals surface area (Å²) in [6, 6.07) is 19.3. The van der Waals surface area contributed by atoms with Gasteiger partial charge in [0, 0.05) is 17.5 Å². The van der Waals surface area contributed by atoms with Crippen molar-refractivity contribution >= 4 is 21.6 Å². The summed E-state index contributed by atoms with van der Waals surface area (Å²) in [4.78, 5) is 10.5. The highest BCUT2D eigenvalue weighted by Gasteiger charge is 2.10. The van der Waals surface area contributed by atoms with E-state index in [2.05, 4.69) is 0 Å².